The molecule has 0 N–H and O–H groups in total. The Morgan fingerprint density at radius 1 is 1.29 bits per heavy atom. The maximum absolute atomic E-state index is 4.25. The zero-order chi connectivity index (χ0) is 12.9. The fraction of sp³-hybridized carbons (Fsp3) is 0.562. The lowest BCUT2D eigenvalue weighted by molar-refractivity contribution is 0.584. The highest BCUT2D eigenvalue weighted by Crippen LogP contribution is 2.35. The molecule has 0 aromatic carbocycles. The summed E-state index contributed by atoms with van der Waals surface area (Å²) in [6, 6.07) is 4.21. The Morgan fingerprint density at radius 3 is 2.47 bits per heavy atom. The van der Waals surface area contributed by atoms with E-state index in [1.165, 1.54) is 18.4 Å². The van der Waals surface area contributed by atoms with Crippen molar-refractivity contribution in [2.75, 3.05) is 0 Å². The summed E-state index contributed by atoms with van der Waals surface area (Å²) in [5.74, 6) is 0. The second-order valence-corrected chi connectivity index (χ2v) is 5.23. The van der Waals surface area contributed by atoms with Crippen LogP contribution in [-0.2, 0) is 5.41 Å². The van der Waals surface area contributed by atoms with Gasteiger partial charge in [-0.1, -0.05) is 51.3 Å². The molecule has 0 aliphatic carbocycles. The maximum atomic E-state index is 4.25. The molecule has 94 valence electrons. The number of nitrogens with zero attached hydrogens (tertiary/aromatic N) is 1. The van der Waals surface area contributed by atoms with Gasteiger partial charge in [-0.25, -0.2) is 0 Å². The summed E-state index contributed by atoms with van der Waals surface area (Å²) in [5.41, 5.74) is 4.52. The molecule has 0 spiro atoms. The molecular weight excluding hydrogens is 206 g/mol. The quantitative estimate of drug-likeness (QED) is 0.658. The number of allylic oxidation sites excluding steroid dienone is 2. The Kier molecular flexibility index (Phi) is 4.92. The number of aromatic nitrogens is 1. The van der Waals surface area contributed by atoms with Gasteiger partial charge < -0.3 is 0 Å². The van der Waals surface area contributed by atoms with Crippen molar-refractivity contribution in [3.63, 3.8) is 0 Å². The summed E-state index contributed by atoms with van der Waals surface area (Å²) >= 11 is 0. The van der Waals surface area contributed by atoms with E-state index in [4.69, 9.17) is 0 Å². The van der Waals surface area contributed by atoms with E-state index in [1.54, 1.807) is 11.1 Å². The van der Waals surface area contributed by atoms with Crippen molar-refractivity contribution < 1.29 is 0 Å². The highest BCUT2D eigenvalue weighted by atomic mass is 14.6. The first-order valence-corrected chi connectivity index (χ1v) is 6.63. The molecule has 0 aliphatic heterocycles. The predicted octanol–water partition coefficient (Wildman–Crippen LogP) is 4.89. The van der Waals surface area contributed by atoms with Crippen molar-refractivity contribution in [1.29, 1.82) is 0 Å². The summed E-state index contributed by atoms with van der Waals surface area (Å²) in [5, 5.41) is 0. The fourth-order valence-corrected chi connectivity index (χ4v) is 2.71. The van der Waals surface area contributed by atoms with Crippen LogP contribution in [0.5, 0.6) is 0 Å². The minimum absolute atomic E-state index is 0.0995. The Balaban J connectivity index is 3.15. The van der Waals surface area contributed by atoms with E-state index in [1.807, 2.05) is 18.5 Å². The minimum atomic E-state index is 0.0995. The normalized spacial score (nSPS) is 13.5. The first-order chi connectivity index (χ1) is 8.04. The van der Waals surface area contributed by atoms with Crippen molar-refractivity contribution in [1.82, 2.24) is 4.98 Å². The Labute approximate surface area is 106 Å². The van der Waals surface area contributed by atoms with Gasteiger partial charge in [0.05, 0.1) is 0 Å². The molecule has 0 fully saturated rings. The van der Waals surface area contributed by atoms with Crippen LogP contribution in [0.1, 0.15) is 59.4 Å². The highest BCUT2D eigenvalue weighted by Gasteiger charge is 2.25. The van der Waals surface area contributed by atoms with Crippen molar-refractivity contribution in [2.24, 2.45) is 0 Å². The number of rotatable bonds is 5. The van der Waals surface area contributed by atoms with Crippen LogP contribution in [0.4, 0.5) is 0 Å². The summed E-state index contributed by atoms with van der Waals surface area (Å²) in [6.45, 7) is 11.4. The molecule has 1 aromatic rings. The third-order valence-corrected chi connectivity index (χ3v) is 3.63. The van der Waals surface area contributed by atoms with Crippen LogP contribution in [0.15, 0.2) is 35.7 Å². The lowest BCUT2D eigenvalue weighted by Crippen LogP contribution is -2.21. The van der Waals surface area contributed by atoms with Gasteiger partial charge in [0.1, 0.15) is 0 Å². The largest absolute Gasteiger partial charge is 0.264 e. The third-order valence-electron chi connectivity index (χ3n) is 3.63. The fourth-order valence-electron chi connectivity index (χ4n) is 2.71. The van der Waals surface area contributed by atoms with E-state index in [0.717, 1.165) is 6.42 Å². The average Bonchev–Trinajstić information content (AvgIpc) is 2.31. The molecule has 0 unspecified atom stereocenters. The number of pyridine rings is 1. The summed E-state index contributed by atoms with van der Waals surface area (Å²) in [7, 11) is 0. The summed E-state index contributed by atoms with van der Waals surface area (Å²) in [4.78, 5) is 4.25. The second kappa shape index (κ2) is 6.00. The van der Waals surface area contributed by atoms with Crippen molar-refractivity contribution in [3.8, 4) is 0 Å². The number of hydrogen-bond donors (Lipinski definition) is 0. The lowest BCUT2D eigenvalue weighted by atomic mass is 9.75. The average molecular weight is 231 g/mol. The molecule has 0 bridgehead atoms. The zero-order valence-electron chi connectivity index (χ0n) is 11.9. The van der Waals surface area contributed by atoms with Gasteiger partial charge in [-0.05, 0) is 31.4 Å². The van der Waals surface area contributed by atoms with Gasteiger partial charge in [0.25, 0.3) is 0 Å². The molecule has 17 heavy (non-hydrogen) atoms. The third kappa shape index (κ3) is 3.18. The van der Waals surface area contributed by atoms with E-state index >= 15 is 0 Å². The molecule has 0 saturated carbocycles. The van der Waals surface area contributed by atoms with Crippen molar-refractivity contribution >= 4 is 0 Å². The molecule has 0 amide bonds. The van der Waals surface area contributed by atoms with E-state index in [9.17, 15) is 0 Å². The van der Waals surface area contributed by atoms with Gasteiger partial charge >= 0.3 is 0 Å². The highest BCUT2D eigenvalue weighted by molar-refractivity contribution is 5.35. The molecule has 1 heteroatoms. The zero-order valence-corrected chi connectivity index (χ0v) is 11.9. The van der Waals surface area contributed by atoms with Gasteiger partial charge in [0.2, 0.25) is 0 Å². The molecule has 1 nitrogen and oxygen atoms in total. The number of hydrogen-bond acceptors (Lipinski definition) is 1. The molecule has 0 aliphatic rings. The smallest absolute Gasteiger partial charge is 0.0308 e. The van der Waals surface area contributed by atoms with Crippen LogP contribution in [0.25, 0.3) is 0 Å². The minimum Gasteiger partial charge on any atom is -0.264 e. The Hall–Kier alpha value is -1.11. The van der Waals surface area contributed by atoms with E-state index in [0.29, 0.717) is 0 Å². The van der Waals surface area contributed by atoms with Crippen LogP contribution in [-0.4, -0.2) is 4.98 Å². The standard InChI is InChI=1S/C16H25N/c1-6-9-13(3)15(7-2)16(4,5)14-10-8-11-17-12-14/h8,10-12H,6-7,9H2,1-5H3/b15-13-. The first-order valence-electron chi connectivity index (χ1n) is 6.63. The maximum Gasteiger partial charge on any atom is 0.0308 e. The van der Waals surface area contributed by atoms with Gasteiger partial charge in [-0.3, -0.25) is 4.98 Å². The molecular formula is C16H25N. The molecule has 0 atom stereocenters. The first kappa shape index (κ1) is 14.0. The van der Waals surface area contributed by atoms with Crippen molar-refractivity contribution in [2.45, 2.75) is 59.3 Å². The molecule has 1 aromatic heterocycles. The van der Waals surface area contributed by atoms with Crippen LogP contribution in [0.3, 0.4) is 0 Å². The lowest BCUT2D eigenvalue weighted by Gasteiger charge is -2.30. The van der Waals surface area contributed by atoms with Crippen LogP contribution >= 0.6 is 0 Å². The topological polar surface area (TPSA) is 12.9 Å². The summed E-state index contributed by atoms with van der Waals surface area (Å²) < 4.78 is 0. The molecule has 1 rings (SSSR count). The van der Waals surface area contributed by atoms with Crippen LogP contribution < -0.4 is 0 Å². The molecule has 0 radical (unpaired) electrons. The Bertz CT molecular complexity index is 374. The van der Waals surface area contributed by atoms with Gasteiger partial charge in [0.15, 0.2) is 0 Å². The second-order valence-electron chi connectivity index (χ2n) is 5.23. The van der Waals surface area contributed by atoms with Gasteiger partial charge in [-0.2, -0.15) is 0 Å². The Morgan fingerprint density at radius 2 is 2.00 bits per heavy atom. The van der Waals surface area contributed by atoms with E-state index in [2.05, 4.69) is 45.7 Å². The van der Waals surface area contributed by atoms with Crippen LogP contribution in [0.2, 0.25) is 0 Å². The van der Waals surface area contributed by atoms with Crippen molar-refractivity contribution in [3.05, 3.63) is 41.2 Å². The van der Waals surface area contributed by atoms with Gasteiger partial charge in [0, 0.05) is 17.8 Å². The van der Waals surface area contributed by atoms with Crippen LogP contribution in [0, 0.1) is 0 Å². The SMILES string of the molecule is CCC/C(C)=C(/CC)C(C)(C)c1cccnc1. The summed E-state index contributed by atoms with van der Waals surface area (Å²) in [6.07, 6.45) is 7.38. The van der Waals surface area contributed by atoms with Gasteiger partial charge in [-0.15, -0.1) is 0 Å². The molecule has 0 saturated heterocycles. The van der Waals surface area contributed by atoms with E-state index in [-0.39, 0.29) is 5.41 Å². The van der Waals surface area contributed by atoms with E-state index < -0.39 is 0 Å². The molecule has 1 heterocycles. The monoisotopic (exact) mass is 231 g/mol. The predicted molar refractivity (Wildman–Crippen MR) is 75.2 cm³/mol.